The van der Waals surface area contributed by atoms with Crippen molar-refractivity contribution in [3.63, 3.8) is 0 Å². The Balaban J connectivity index is 2.30. The number of rotatable bonds is 6. The molecule has 2 aromatic rings. The van der Waals surface area contributed by atoms with E-state index in [0.717, 1.165) is 0 Å². The van der Waals surface area contributed by atoms with E-state index in [4.69, 9.17) is 4.74 Å². The molecule has 0 aliphatic heterocycles. The predicted octanol–water partition coefficient (Wildman–Crippen LogP) is 6.13. The standard InChI is InChI=1S/C18H18Br4O3/c1-17(23,15(19)20)11-5-3-7-13(9-11)25-14-8-4-6-12(10-14)18(2,24)16(21)22/h3-10,15-16,23-24H,1-2H3. The van der Waals surface area contributed by atoms with Crippen LogP contribution in [0.4, 0.5) is 0 Å². The monoisotopic (exact) mass is 598 g/mol. The van der Waals surface area contributed by atoms with E-state index in [2.05, 4.69) is 63.7 Å². The van der Waals surface area contributed by atoms with Crippen LogP contribution in [0.3, 0.4) is 0 Å². The van der Waals surface area contributed by atoms with Crippen molar-refractivity contribution >= 4 is 63.7 Å². The molecule has 25 heavy (non-hydrogen) atoms. The highest BCUT2D eigenvalue weighted by atomic mass is 79.9. The Labute approximate surface area is 181 Å². The van der Waals surface area contributed by atoms with Crippen LogP contribution in [0.5, 0.6) is 11.5 Å². The summed E-state index contributed by atoms with van der Waals surface area (Å²) >= 11 is 13.4. The number of halogens is 4. The molecule has 0 heterocycles. The third kappa shape index (κ3) is 5.08. The molecule has 0 saturated heterocycles. The van der Waals surface area contributed by atoms with E-state index in [1.807, 2.05) is 36.4 Å². The zero-order valence-electron chi connectivity index (χ0n) is 13.6. The molecule has 2 aromatic carbocycles. The highest BCUT2D eigenvalue weighted by Crippen LogP contribution is 2.37. The Bertz CT molecular complexity index is 668. The first-order chi connectivity index (χ1) is 11.5. The topological polar surface area (TPSA) is 49.7 Å². The summed E-state index contributed by atoms with van der Waals surface area (Å²) < 4.78 is 5.34. The van der Waals surface area contributed by atoms with E-state index in [1.165, 1.54) is 0 Å². The van der Waals surface area contributed by atoms with E-state index in [9.17, 15) is 10.2 Å². The van der Waals surface area contributed by atoms with Crippen LogP contribution in [0, 0.1) is 0 Å². The van der Waals surface area contributed by atoms with Crippen LogP contribution >= 0.6 is 63.7 Å². The summed E-state index contributed by atoms with van der Waals surface area (Å²) in [5.74, 6) is 1.20. The average Bonchev–Trinajstić information content (AvgIpc) is 2.55. The molecule has 0 radical (unpaired) electrons. The lowest BCUT2D eigenvalue weighted by atomic mass is 9.98. The number of hydrogen-bond donors (Lipinski definition) is 2. The molecule has 2 atom stereocenters. The van der Waals surface area contributed by atoms with Gasteiger partial charge in [-0.15, -0.1) is 0 Å². The second kappa shape index (κ2) is 8.40. The minimum atomic E-state index is -1.09. The quantitative estimate of drug-likeness (QED) is 0.392. The molecule has 0 aromatic heterocycles. The Morgan fingerprint density at radius 1 is 0.760 bits per heavy atom. The number of ether oxygens (including phenoxy) is 1. The van der Waals surface area contributed by atoms with Gasteiger partial charge in [0.2, 0.25) is 0 Å². The molecular weight excluding hydrogens is 584 g/mol. The van der Waals surface area contributed by atoms with Gasteiger partial charge in [-0.25, -0.2) is 0 Å². The lowest BCUT2D eigenvalue weighted by Gasteiger charge is -2.26. The summed E-state index contributed by atoms with van der Waals surface area (Å²) in [5, 5.41) is 21.1. The van der Waals surface area contributed by atoms with Crippen LogP contribution in [0.2, 0.25) is 0 Å². The first-order valence-corrected chi connectivity index (χ1v) is 11.1. The van der Waals surface area contributed by atoms with Gasteiger partial charge < -0.3 is 14.9 Å². The van der Waals surface area contributed by atoms with Crippen LogP contribution in [0.25, 0.3) is 0 Å². The highest BCUT2D eigenvalue weighted by molar-refractivity contribution is 9.25. The van der Waals surface area contributed by atoms with Gasteiger partial charge in [-0.1, -0.05) is 88.0 Å². The van der Waals surface area contributed by atoms with Crippen molar-refractivity contribution in [2.45, 2.75) is 32.5 Å². The van der Waals surface area contributed by atoms with Crippen molar-refractivity contribution in [1.29, 1.82) is 0 Å². The van der Waals surface area contributed by atoms with Crippen molar-refractivity contribution < 1.29 is 14.9 Å². The molecule has 136 valence electrons. The molecule has 2 unspecified atom stereocenters. The average molecular weight is 602 g/mol. The summed E-state index contributed by atoms with van der Waals surface area (Å²) in [5.41, 5.74) is -0.755. The molecular formula is C18H18Br4O3. The summed E-state index contributed by atoms with van der Waals surface area (Å²) in [7, 11) is 0. The summed E-state index contributed by atoms with van der Waals surface area (Å²) in [6, 6.07) is 14.5. The van der Waals surface area contributed by atoms with Crippen LogP contribution in [0.15, 0.2) is 48.5 Å². The van der Waals surface area contributed by atoms with Crippen LogP contribution in [-0.4, -0.2) is 17.7 Å². The fourth-order valence-electron chi connectivity index (χ4n) is 2.14. The van der Waals surface area contributed by atoms with E-state index in [-0.39, 0.29) is 7.47 Å². The van der Waals surface area contributed by atoms with Crippen molar-refractivity contribution in [1.82, 2.24) is 0 Å². The highest BCUT2D eigenvalue weighted by Gasteiger charge is 2.31. The van der Waals surface area contributed by atoms with Crippen LogP contribution in [-0.2, 0) is 11.2 Å². The van der Waals surface area contributed by atoms with Gasteiger partial charge in [0, 0.05) is 0 Å². The smallest absolute Gasteiger partial charge is 0.127 e. The molecule has 0 aliphatic rings. The molecule has 0 saturated carbocycles. The normalized spacial score (nSPS) is 16.6. The van der Waals surface area contributed by atoms with Gasteiger partial charge in [0.1, 0.15) is 30.2 Å². The molecule has 0 amide bonds. The third-order valence-corrected chi connectivity index (χ3v) is 7.49. The molecule has 7 heteroatoms. The maximum Gasteiger partial charge on any atom is 0.127 e. The first-order valence-electron chi connectivity index (χ1n) is 7.45. The van der Waals surface area contributed by atoms with Gasteiger partial charge in [-0.05, 0) is 49.2 Å². The predicted molar refractivity (Wildman–Crippen MR) is 115 cm³/mol. The van der Waals surface area contributed by atoms with E-state index in [0.29, 0.717) is 22.6 Å². The van der Waals surface area contributed by atoms with Crippen LogP contribution in [0.1, 0.15) is 25.0 Å². The summed E-state index contributed by atoms with van der Waals surface area (Å²) in [6.07, 6.45) is 0. The van der Waals surface area contributed by atoms with E-state index >= 15 is 0 Å². The van der Waals surface area contributed by atoms with E-state index in [1.54, 1.807) is 26.0 Å². The molecule has 3 nitrogen and oxygen atoms in total. The second-order valence-corrected chi connectivity index (χ2v) is 12.2. The number of aliphatic hydroxyl groups is 2. The van der Waals surface area contributed by atoms with Crippen LogP contribution < -0.4 is 4.74 Å². The number of benzene rings is 2. The van der Waals surface area contributed by atoms with Crippen molar-refractivity contribution in [3.05, 3.63) is 59.7 Å². The molecule has 2 N–H and O–H groups in total. The zero-order chi connectivity index (χ0) is 18.8. The number of alkyl halides is 4. The molecule has 0 bridgehead atoms. The summed E-state index contributed by atoms with van der Waals surface area (Å²) in [4.78, 5) is 0. The fraction of sp³-hybridized carbons (Fsp3) is 0.333. The Hall–Kier alpha value is 0.0800. The van der Waals surface area contributed by atoms with Crippen molar-refractivity contribution in [2.24, 2.45) is 0 Å². The van der Waals surface area contributed by atoms with Gasteiger partial charge in [0.05, 0.1) is 0 Å². The number of hydrogen-bond acceptors (Lipinski definition) is 3. The maximum atomic E-state index is 10.6. The van der Waals surface area contributed by atoms with Crippen molar-refractivity contribution in [3.8, 4) is 11.5 Å². The third-order valence-electron chi connectivity index (χ3n) is 3.92. The summed E-state index contributed by atoms with van der Waals surface area (Å²) in [6.45, 7) is 3.43. The maximum absolute atomic E-state index is 10.6. The van der Waals surface area contributed by atoms with Gasteiger partial charge in [0.15, 0.2) is 0 Å². The van der Waals surface area contributed by atoms with E-state index < -0.39 is 11.2 Å². The fourth-order valence-corrected chi connectivity index (χ4v) is 3.19. The first kappa shape index (κ1) is 21.4. The lowest BCUT2D eigenvalue weighted by Crippen LogP contribution is -2.28. The Morgan fingerprint density at radius 3 is 1.44 bits per heavy atom. The lowest BCUT2D eigenvalue weighted by molar-refractivity contribution is 0.0782. The molecule has 0 aliphatic carbocycles. The van der Waals surface area contributed by atoms with Crippen molar-refractivity contribution in [2.75, 3.05) is 0 Å². The van der Waals surface area contributed by atoms with Gasteiger partial charge in [-0.3, -0.25) is 0 Å². The molecule has 2 rings (SSSR count). The van der Waals surface area contributed by atoms with Gasteiger partial charge in [-0.2, -0.15) is 0 Å². The second-order valence-electron chi connectivity index (χ2n) is 6.05. The molecule has 0 spiro atoms. The largest absolute Gasteiger partial charge is 0.457 e. The zero-order valence-corrected chi connectivity index (χ0v) is 19.9. The van der Waals surface area contributed by atoms with Gasteiger partial charge >= 0.3 is 0 Å². The minimum Gasteiger partial charge on any atom is -0.457 e. The Morgan fingerprint density at radius 2 is 1.12 bits per heavy atom. The van der Waals surface area contributed by atoms with Gasteiger partial charge in [0.25, 0.3) is 0 Å². The minimum absolute atomic E-state index is 0.295. The SMILES string of the molecule is CC(O)(c1cccc(Oc2cccc(C(C)(O)C(Br)Br)c2)c1)C(Br)Br. The molecule has 0 fully saturated rings. The Kier molecular flexibility index (Phi) is 7.18.